The Morgan fingerprint density at radius 1 is 1.24 bits per heavy atom. The Kier molecular flexibility index (Phi) is 4.60. The number of anilines is 1. The highest BCUT2D eigenvalue weighted by molar-refractivity contribution is 7.15. The molecule has 0 spiro atoms. The molecule has 2 heterocycles. The van der Waals surface area contributed by atoms with Crippen molar-refractivity contribution in [2.45, 2.75) is 38.5 Å². The predicted octanol–water partition coefficient (Wildman–Crippen LogP) is 3.65. The average molecular weight is 301 g/mol. The number of hydrogen-bond donors (Lipinski definition) is 1. The maximum atomic E-state index is 12.2. The molecule has 0 bridgehead atoms. The first kappa shape index (κ1) is 14.2. The fraction of sp³-hybridized carbons (Fsp3) is 0.438. The second kappa shape index (κ2) is 6.80. The van der Waals surface area contributed by atoms with Crippen molar-refractivity contribution in [1.29, 1.82) is 0 Å². The lowest BCUT2D eigenvalue weighted by Crippen LogP contribution is -2.24. The number of pyridine rings is 1. The number of carbonyl (C=O) groups excluding carboxylic acids is 1. The minimum atomic E-state index is 0.133. The van der Waals surface area contributed by atoms with E-state index in [1.54, 1.807) is 6.20 Å². The number of carbonyl (C=O) groups is 1. The summed E-state index contributed by atoms with van der Waals surface area (Å²) in [5, 5.41) is 3.67. The van der Waals surface area contributed by atoms with Gasteiger partial charge < -0.3 is 5.32 Å². The molecule has 0 radical (unpaired) electrons. The number of amides is 1. The molecular formula is C16H19N3OS. The quantitative estimate of drug-likeness (QED) is 0.938. The van der Waals surface area contributed by atoms with Gasteiger partial charge in [-0.3, -0.25) is 9.78 Å². The van der Waals surface area contributed by atoms with Gasteiger partial charge in [0.05, 0.1) is 0 Å². The Morgan fingerprint density at radius 2 is 2.10 bits per heavy atom. The molecule has 1 amide bonds. The molecule has 1 N–H and O–H groups in total. The number of rotatable bonds is 4. The first-order chi connectivity index (χ1) is 10.3. The van der Waals surface area contributed by atoms with Crippen molar-refractivity contribution in [3.63, 3.8) is 0 Å². The molecule has 2 aromatic heterocycles. The molecule has 1 saturated carbocycles. The summed E-state index contributed by atoms with van der Waals surface area (Å²) in [5.41, 5.74) is 1.02. The molecule has 2 aromatic rings. The van der Waals surface area contributed by atoms with Crippen LogP contribution in [0.2, 0.25) is 0 Å². The van der Waals surface area contributed by atoms with Crippen LogP contribution in [0.25, 0.3) is 0 Å². The van der Waals surface area contributed by atoms with Gasteiger partial charge in [0.1, 0.15) is 0 Å². The molecule has 21 heavy (non-hydrogen) atoms. The molecule has 1 aliphatic rings. The topological polar surface area (TPSA) is 54.9 Å². The Labute approximate surface area is 128 Å². The summed E-state index contributed by atoms with van der Waals surface area (Å²) < 4.78 is 0. The van der Waals surface area contributed by atoms with E-state index in [4.69, 9.17) is 0 Å². The monoisotopic (exact) mass is 301 g/mol. The van der Waals surface area contributed by atoms with E-state index in [9.17, 15) is 4.79 Å². The molecular weight excluding hydrogens is 282 g/mol. The first-order valence-corrected chi connectivity index (χ1v) is 8.28. The number of nitrogens with zero attached hydrogens (tertiary/aromatic N) is 2. The van der Waals surface area contributed by atoms with Gasteiger partial charge in [-0.2, -0.15) is 0 Å². The lowest BCUT2D eigenvalue weighted by Gasteiger charge is -2.19. The Balaban J connectivity index is 1.58. The zero-order valence-corrected chi connectivity index (χ0v) is 12.7. The lowest BCUT2D eigenvalue weighted by atomic mass is 9.89. The summed E-state index contributed by atoms with van der Waals surface area (Å²) in [4.78, 5) is 21.9. The van der Waals surface area contributed by atoms with Gasteiger partial charge >= 0.3 is 0 Å². The second-order valence-corrected chi connectivity index (χ2v) is 6.57. The molecule has 0 aromatic carbocycles. The average Bonchev–Trinajstić information content (AvgIpc) is 2.96. The van der Waals surface area contributed by atoms with Crippen molar-refractivity contribution < 1.29 is 4.79 Å². The number of hydrogen-bond acceptors (Lipinski definition) is 4. The maximum absolute atomic E-state index is 12.2. The van der Waals surface area contributed by atoms with Gasteiger partial charge in [0, 0.05) is 35.3 Å². The van der Waals surface area contributed by atoms with Crippen LogP contribution in [0.1, 0.15) is 42.7 Å². The highest BCUT2D eigenvalue weighted by atomic mass is 32.1. The third-order valence-electron chi connectivity index (χ3n) is 3.84. The van der Waals surface area contributed by atoms with Crippen LogP contribution in [0.4, 0.5) is 5.13 Å². The number of thiazole rings is 1. The first-order valence-electron chi connectivity index (χ1n) is 7.47. The van der Waals surface area contributed by atoms with Crippen molar-refractivity contribution in [2.75, 3.05) is 5.32 Å². The van der Waals surface area contributed by atoms with Gasteiger partial charge in [-0.25, -0.2) is 4.98 Å². The largest absolute Gasteiger partial charge is 0.302 e. The molecule has 110 valence electrons. The molecule has 5 heteroatoms. The van der Waals surface area contributed by atoms with Gasteiger partial charge in [0.15, 0.2) is 5.13 Å². The third-order valence-corrected chi connectivity index (χ3v) is 4.75. The molecule has 0 saturated heterocycles. The van der Waals surface area contributed by atoms with E-state index < -0.39 is 0 Å². The highest BCUT2D eigenvalue weighted by Crippen LogP contribution is 2.26. The van der Waals surface area contributed by atoms with Crippen LogP contribution in [0, 0.1) is 5.92 Å². The van der Waals surface area contributed by atoms with Crippen molar-refractivity contribution in [3.8, 4) is 0 Å². The van der Waals surface area contributed by atoms with Crippen LogP contribution >= 0.6 is 11.3 Å². The minimum absolute atomic E-state index is 0.133. The SMILES string of the molecule is O=C(Nc1ncc(Cc2ccccn2)s1)C1CCCCC1. The normalized spacial score (nSPS) is 15.8. The van der Waals surface area contributed by atoms with Crippen molar-refractivity contribution in [2.24, 2.45) is 5.92 Å². The summed E-state index contributed by atoms with van der Waals surface area (Å²) in [5.74, 6) is 0.301. The Morgan fingerprint density at radius 3 is 2.86 bits per heavy atom. The van der Waals surface area contributed by atoms with E-state index in [2.05, 4.69) is 15.3 Å². The van der Waals surface area contributed by atoms with E-state index in [0.717, 1.165) is 29.8 Å². The summed E-state index contributed by atoms with van der Waals surface area (Å²) >= 11 is 1.54. The zero-order chi connectivity index (χ0) is 14.5. The van der Waals surface area contributed by atoms with Crippen molar-refractivity contribution in [3.05, 3.63) is 41.2 Å². The number of aromatic nitrogens is 2. The Hall–Kier alpha value is -1.75. The zero-order valence-electron chi connectivity index (χ0n) is 11.9. The molecule has 1 fully saturated rings. The van der Waals surface area contributed by atoms with Crippen molar-refractivity contribution >= 4 is 22.4 Å². The summed E-state index contributed by atoms with van der Waals surface area (Å²) in [6.07, 6.45) is 10.0. The van der Waals surface area contributed by atoms with E-state index in [1.165, 1.54) is 30.6 Å². The van der Waals surface area contributed by atoms with E-state index >= 15 is 0 Å². The van der Waals surface area contributed by atoms with E-state index in [1.807, 2.05) is 24.4 Å². The van der Waals surface area contributed by atoms with Crippen LogP contribution in [0.15, 0.2) is 30.6 Å². The maximum Gasteiger partial charge on any atom is 0.229 e. The van der Waals surface area contributed by atoms with Gasteiger partial charge in [0.2, 0.25) is 5.91 Å². The smallest absolute Gasteiger partial charge is 0.229 e. The molecule has 0 aliphatic heterocycles. The summed E-state index contributed by atoms with van der Waals surface area (Å²) in [6, 6.07) is 5.89. The van der Waals surface area contributed by atoms with Crippen LogP contribution in [0.5, 0.6) is 0 Å². The van der Waals surface area contributed by atoms with Crippen LogP contribution in [0.3, 0.4) is 0 Å². The Bertz CT molecular complexity index is 591. The second-order valence-electron chi connectivity index (χ2n) is 5.45. The predicted molar refractivity (Wildman–Crippen MR) is 84.4 cm³/mol. The molecule has 4 nitrogen and oxygen atoms in total. The summed E-state index contributed by atoms with van der Waals surface area (Å²) in [6.45, 7) is 0. The van der Waals surface area contributed by atoms with Crippen LogP contribution in [-0.2, 0) is 11.2 Å². The fourth-order valence-corrected chi connectivity index (χ4v) is 3.53. The van der Waals surface area contributed by atoms with Gasteiger partial charge in [0.25, 0.3) is 0 Å². The van der Waals surface area contributed by atoms with Crippen molar-refractivity contribution in [1.82, 2.24) is 9.97 Å². The minimum Gasteiger partial charge on any atom is -0.302 e. The molecule has 0 atom stereocenters. The van der Waals surface area contributed by atoms with Gasteiger partial charge in [-0.05, 0) is 25.0 Å². The third kappa shape index (κ3) is 3.88. The fourth-order valence-electron chi connectivity index (χ4n) is 2.70. The van der Waals surface area contributed by atoms with E-state index in [0.29, 0.717) is 5.13 Å². The van der Waals surface area contributed by atoms with Crippen LogP contribution < -0.4 is 5.32 Å². The highest BCUT2D eigenvalue weighted by Gasteiger charge is 2.21. The molecule has 3 rings (SSSR count). The van der Waals surface area contributed by atoms with Gasteiger partial charge in [-0.15, -0.1) is 11.3 Å². The molecule has 0 unspecified atom stereocenters. The number of nitrogens with one attached hydrogen (secondary N) is 1. The summed E-state index contributed by atoms with van der Waals surface area (Å²) in [7, 11) is 0. The van der Waals surface area contributed by atoms with E-state index in [-0.39, 0.29) is 11.8 Å². The lowest BCUT2D eigenvalue weighted by molar-refractivity contribution is -0.120. The molecule has 1 aliphatic carbocycles. The van der Waals surface area contributed by atoms with Gasteiger partial charge in [-0.1, -0.05) is 25.3 Å². The van der Waals surface area contributed by atoms with Crippen LogP contribution in [-0.4, -0.2) is 15.9 Å². The standard InChI is InChI=1S/C16H19N3OS/c20-15(12-6-2-1-3-7-12)19-16-18-11-14(21-16)10-13-8-4-5-9-17-13/h4-5,8-9,11-12H,1-3,6-7,10H2,(H,18,19,20).